The third-order valence-electron chi connectivity index (χ3n) is 7.26. The van der Waals surface area contributed by atoms with Gasteiger partial charge in [0.25, 0.3) is 0 Å². The Bertz CT molecular complexity index is 580. The zero-order chi connectivity index (χ0) is 16.0. The number of piperidine rings is 1. The standard InChI is InChI=1S/C20H30N2S2/c1-2-14-8-15-10-17(9-14)20(5-1,11-15)24-13-18-12-23-19(22-18)16-3-6-21-7-4-16/h12,14-17,21H,1-11,13H2. The van der Waals surface area contributed by atoms with E-state index in [2.05, 4.69) is 22.5 Å². The highest BCUT2D eigenvalue weighted by Crippen LogP contribution is 2.61. The van der Waals surface area contributed by atoms with Gasteiger partial charge in [-0.3, -0.25) is 0 Å². The van der Waals surface area contributed by atoms with E-state index >= 15 is 0 Å². The van der Waals surface area contributed by atoms with Crippen molar-refractivity contribution in [2.24, 2.45) is 17.8 Å². The maximum Gasteiger partial charge on any atom is 0.0960 e. The molecule has 2 nitrogen and oxygen atoms in total. The topological polar surface area (TPSA) is 24.9 Å². The zero-order valence-corrected chi connectivity index (χ0v) is 16.3. The molecule has 1 aliphatic heterocycles. The molecule has 5 rings (SSSR count). The number of rotatable bonds is 4. The molecule has 24 heavy (non-hydrogen) atoms. The largest absolute Gasteiger partial charge is 0.317 e. The monoisotopic (exact) mass is 362 g/mol. The molecule has 1 N–H and O–H groups in total. The van der Waals surface area contributed by atoms with Crippen molar-refractivity contribution in [3.63, 3.8) is 0 Å². The lowest BCUT2D eigenvalue weighted by Crippen LogP contribution is -2.28. The molecular weight excluding hydrogens is 332 g/mol. The lowest BCUT2D eigenvalue weighted by Gasteiger charge is -2.33. The van der Waals surface area contributed by atoms with E-state index in [1.807, 2.05) is 11.3 Å². The summed E-state index contributed by atoms with van der Waals surface area (Å²) in [6.07, 6.45) is 13.2. The fourth-order valence-electron chi connectivity index (χ4n) is 6.16. The molecule has 0 amide bonds. The number of nitrogens with one attached hydrogen (secondary N) is 1. The van der Waals surface area contributed by atoms with Gasteiger partial charge in [0.1, 0.15) is 0 Å². The van der Waals surface area contributed by atoms with Crippen LogP contribution in [0.5, 0.6) is 0 Å². The van der Waals surface area contributed by atoms with Gasteiger partial charge in [0, 0.05) is 21.8 Å². The summed E-state index contributed by atoms with van der Waals surface area (Å²) in [7, 11) is 0. The minimum absolute atomic E-state index is 0.619. The summed E-state index contributed by atoms with van der Waals surface area (Å²) < 4.78 is 0.619. The van der Waals surface area contributed by atoms with Gasteiger partial charge in [-0.05, 0) is 75.8 Å². The van der Waals surface area contributed by atoms with Gasteiger partial charge < -0.3 is 5.32 Å². The highest BCUT2D eigenvalue weighted by atomic mass is 32.2. The maximum atomic E-state index is 5.05. The molecule has 4 atom stereocenters. The minimum atomic E-state index is 0.619. The van der Waals surface area contributed by atoms with E-state index in [-0.39, 0.29) is 0 Å². The minimum Gasteiger partial charge on any atom is -0.317 e. The summed E-state index contributed by atoms with van der Waals surface area (Å²) in [4.78, 5) is 5.05. The molecule has 4 heteroatoms. The van der Waals surface area contributed by atoms with Gasteiger partial charge in [0.15, 0.2) is 0 Å². The third-order valence-corrected chi connectivity index (χ3v) is 10.0. The zero-order valence-electron chi connectivity index (χ0n) is 14.6. The molecule has 132 valence electrons. The van der Waals surface area contributed by atoms with E-state index in [0.717, 1.165) is 29.4 Å². The van der Waals surface area contributed by atoms with Gasteiger partial charge in [0.2, 0.25) is 0 Å². The Labute approximate surface area is 154 Å². The van der Waals surface area contributed by atoms with Crippen LogP contribution in [0.4, 0.5) is 0 Å². The summed E-state index contributed by atoms with van der Waals surface area (Å²) in [6, 6.07) is 0. The van der Waals surface area contributed by atoms with Gasteiger partial charge >= 0.3 is 0 Å². The van der Waals surface area contributed by atoms with E-state index in [4.69, 9.17) is 4.98 Å². The molecule has 1 aromatic rings. The Morgan fingerprint density at radius 3 is 2.96 bits per heavy atom. The predicted octanol–water partition coefficient (Wildman–Crippen LogP) is 5.20. The Hall–Kier alpha value is -0.0600. The lowest BCUT2D eigenvalue weighted by atomic mass is 9.80. The van der Waals surface area contributed by atoms with Crippen molar-refractivity contribution < 1.29 is 0 Å². The van der Waals surface area contributed by atoms with Crippen molar-refractivity contribution in [3.8, 4) is 0 Å². The molecule has 4 aliphatic rings. The van der Waals surface area contributed by atoms with Crippen molar-refractivity contribution in [2.45, 2.75) is 74.2 Å². The first-order valence-electron chi connectivity index (χ1n) is 10.1. The van der Waals surface area contributed by atoms with Crippen LogP contribution in [0, 0.1) is 17.8 Å². The van der Waals surface area contributed by atoms with Gasteiger partial charge in [0.05, 0.1) is 10.7 Å². The van der Waals surface area contributed by atoms with E-state index in [0.29, 0.717) is 4.75 Å². The molecule has 3 saturated carbocycles. The fraction of sp³-hybridized carbons (Fsp3) is 0.850. The molecule has 4 fully saturated rings. The molecule has 0 radical (unpaired) electrons. The molecule has 4 unspecified atom stereocenters. The molecule has 2 heterocycles. The average Bonchev–Trinajstić information content (AvgIpc) is 3.14. The Balaban J connectivity index is 1.26. The number of aromatic nitrogens is 1. The van der Waals surface area contributed by atoms with Gasteiger partial charge in [-0.25, -0.2) is 4.98 Å². The van der Waals surface area contributed by atoms with Crippen LogP contribution in [-0.4, -0.2) is 22.8 Å². The van der Waals surface area contributed by atoms with E-state index in [1.165, 1.54) is 62.3 Å². The summed E-state index contributed by atoms with van der Waals surface area (Å²) in [5.41, 5.74) is 1.37. The highest BCUT2D eigenvalue weighted by Gasteiger charge is 2.52. The molecule has 1 saturated heterocycles. The van der Waals surface area contributed by atoms with E-state index in [9.17, 15) is 0 Å². The second-order valence-electron chi connectivity index (χ2n) is 8.79. The van der Waals surface area contributed by atoms with Gasteiger partial charge in [-0.2, -0.15) is 0 Å². The first kappa shape index (κ1) is 16.1. The smallest absolute Gasteiger partial charge is 0.0960 e. The van der Waals surface area contributed by atoms with Crippen LogP contribution in [0.2, 0.25) is 0 Å². The van der Waals surface area contributed by atoms with Crippen LogP contribution < -0.4 is 5.32 Å². The Morgan fingerprint density at radius 2 is 2.04 bits per heavy atom. The van der Waals surface area contributed by atoms with Gasteiger partial charge in [-0.15, -0.1) is 23.1 Å². The molecular formula is C20H30N2S2. The number of thioether (sulfide) groups is 1. The normalized spacial score (nSPS) is 39.2. The SMILES string of the molecule is c1sc(C2CCNCC2)nc1CSC12CCCC3CC(CC1C3)C2. The first-order valence-corrected chi connectivity index (χ1v) is 12.0. The number of nitrogens with zero attached hydrogens (tertiary/aromatic N) is 1. The first-order chi connectivity index (χ1) is 11.8. The third kappa shape index (κ3) is 2.97. The van der Waals surface area contributed by atoms with Gasteiger partial charge in [-0.1, -0.05) is 12.8 Å². The molecule has 3 bridgehead atoms. The maximum absolute atomic E-state index is 5.05. The number of thiazole rings is 1. The molecule has 1 aromatic heterocycles. The second kappa shape index (κ2) is 6.59. The van der Waals surface area contributed by atoms with E-state index in [1.54, 1.807) is 19.3 Å². The molecule has 3 aliphatic carbocycles. The number of fused-ring (bicyclic) bond motifs is 2. The summed E-state index contributed by atoms with van der Waals surface area (Å²) in [5, 5.41) is 7.25. The van der Waals surface area contributed by atoms with Crippen LogP contribution in [0.15, 0.2) is 5.38 Å². The fourth-order valence-corrected chi connectivity index (χ4v) is 8.91. The van der Waals surface area contributed by atoms with Crippen molar-refractivity contribution >= 4 is 23.1 Å². The van der Waals surface area contributed by atoms with Crippen molar-refractivity contribution in [2.75, 3.05) is 13.1 Å². The summed E-state index contributed by atoms with van der Waals surface area (Å²) >= 11 is 4.23. The molecule has 0 aromatic carbocycles. The lowest BCUT2D eigenvalue weighted by molar-refractivity contribution is 0.256. The predicted molar refractivity (Wildman–Crippen MR) is 104 cm³/mol. The number of hydrogen-bond donors (Lipinski definition) is 1. The van der Waals surface area contributed by atoms with Crippen LogP contribution in [0.1, 0.15) is 74.4 Å². The number of hydrogen-bond acceptors (Lipinski definition) is 4. The van der Waals surface area contributed by atoms with Crippen molar-refractivity contribution in [1.82, 2.24) is 10.3 Å². The van der Waals surface area contributed by atoms with E-state index < -0.39 is 0 Å². The average molecular weight is 363 g/mol. The van der Waals surface area contributed by atoms with Crippen LogP contribution in [0.3, 0.4) is 0 Å². The Kier molecular flexibility index (Phi) is 4.43. The highest BCUT2D eigenvalue weighted by molar-refractivity contribution is 7.99. The van der Waals surface area contributed by atoms with Crippen LogP contribution in [-0.2, 0) is 5.75 Å². The van der Waals surface area contributed by atoms with Crippen molar-refractivity contribution in [1.29, 1.82) is 0 Å². The summed E-state index contributed by atoms with van der Waals surface area (Å²) in [6.45, 7) is 2.34. The quantitative estimate of drug-likeness (QED) is 0.796. The Morgan fingerprint density at radius 1 is 1.17 bits per heavy atom. The summed E-state index contributed by atoms with van der Waals surface area (Å²) in [5.74, 6) is 5.04. The van der Waals surface area contributed by atoms with Crippen molar-refractivity contribution in [3.05, 3.63) is 16.1 Å². The second-order valence-corrected chi connectivity index (χ2v) is 11.1. The molecule has 0 spiro atoms. The van der Waals surface area contributed by atoms with Crippen LogP contribution >= 0.6 is 23.1 Å². The van der Waals surface area contributed by atoms with Crippen LogP contribution in [0.25, 0.3) is 0 Å².